The molecule has 0 aliphatic carbocycles. The lowest BCUT2D eigenvalue weighted by atomic mass is 9.99. The third-order valence-electron chi connectivity index (χ3n) is 6.06. The van der Waals surface area contributed by atoms with Gasteiger partial charge < -0.3 is 15.8 Å². The van der Waals surface area contributed by atoms with Crippen molar-refractivity contribution in [2.45, 2.75) is 6.92 Å². The number of hydrogen-bond donors (Lipinski definition) is 2. The number of fused-ring (bicyclic) bond motifs is 1. The molecule has 0 bridgehead atoms. The Bertz CT molecular complexity index is 1650. The molecule has 0 saturated heterocycles. The number of nitrogens with two attached hydrogens (primary N) is 1. The Morgan fingerprint density at radius 2 is 1.76 bits per heavy atom. The van der Waals surface area contributed by atoms with Gasteiger partial charge in [0.2, 0.25) is 0 Å². The zero-order valence-corrected chi connectivity index (χ0v) is 20.8. The number of ether oxygens (including phenoxy) is 1. The number of amides is 1. The molecule has 0 aliphatic rings. The largest absolute Gasteiger partial charge is 0.497 e. The third-order valence-corrected chi connectivity index (χ3v) is 7.15. The minimum absolute atomic E-state index is 0.110. The number of aryl methyl sites for hydroxylation is 1. The van der Waals surface area contributed by atoms with Gasteiger partial charge >= 0.3 is 0 Å². The van der Waals surface area contributed by atoms with E-state index in [0.29, 0.717) is 27.2 Å². The maximum absolute atomic E-state index is 13.3. The molecule has 2 heterocycles. The number of thiophene rings is 1. The number of nitrogens with zero attached hydrogens (tertiary/aromatic N) is 2. The number of nitro groups is 1. The molecule has 184 valence electrons. The number of aromatic nitrogens is 1. The van der Waals surface area contributed by atoms with E-state index in [9.17, 15) is 14.9 Å². The highest BCUT2D eigenvalue weighted by atomic mass is 32.1. The number of hydrogen-bond acceptors (Lipinski definition) is 7. The van der Waals surface area contributed by atoms with Crippen LogP contribution < -0.4 is 15.8 Å². The molecule has 0 saturated carbocycles. The van der Waals surface area contributed by atoms with Crippen LogP contribution in [0.25, 0.3) is 32.6 Å². The van der Waals surface area contributed by atoms with E-state index in [1.165, 1.54) is 23.5 Å². The van der Waals surface area contributed by atoms with E-state index in [0.717, 1.165) is 28.1 Å². The van der Waals surface area contributed by atoms with Crippen LogP contribution in [-0.4, -0.2) is 22.9 Å². The Kier molecular flexibility index (Phi) is 6.29. The summed E-state index contributed by atoms with van der Waals surface area (Å²) >= 11 is 1.19. The first-order chi connectivity index (χ1) is 17.9. The standard InChI is InChI=1S/C28H22N4O4S/c1-16-8-11-19(32(34)35)14-22(16)30-27(33)26-25(29)24-21(17-9-12-20(36-2)13-10-17)15-23(31-28(24)37-26)18-6-4-3-5-7-18/h3-15H,29H2,1-2H3,(H,30,33). The molecular formula is C28H22N4O4S. The summed E-state index contributed by atoms with van der Waals surface area (Å²) in [5.41, 5.74) is 11.2. The number of pyridine rings is 1. The van der Waals surface area contributed by atoms with Gasteiger partial charge in [0, 0.05) is 23.1 Å². The summed E-state index contributed by atoms with van der Waals surface area (Å²) in [7, 11) is 1.61. The van der Waals surface area contributed by atoms with E-state index in [1.807, 2.05) is 60.7 Å². The summed E-state index contributed by atoms with van der Waals surface area (Å²) < 4.78 is 5.30. The quantitative estimate of drug-likeness (QED) is 0.194. The van der Waals surface area contributed by atoms with Crippen molar-refractivity contribution in [3.05, 3.63) is 99.4 Å². The van der Waals surface area contributed by atoms with Crippen molar-refractivity contribution in [2.24, 2.45) is 0 Å². The first-order valence-corrected chi connectivity index (χ1v) is 12.2. The van der Waals surface area contributed by atoms with Crippen LogP contribution in [0.2, 0.25) is 0 Å². The van der Waals surface area contributed by atoms with Crippen molar-refractivity contribution in [2.75, 3.05) is 18.2 Å². The van der Waals surface area contributed by atoms with Gasteiger partial charge in [0.15, 0.2) is 0 Å². The maximum Gasteiger partial charge on any atom is 0.271 e. The minimum Gasteiger partial charge on any atom is -0.497 e. The van der Waals surface area contributed by atoms with Crippen LogP contribution in [0.15, 0.2) is 78.9 Å². The normalized spacial score (nSPS) is 10.9. The molecule has 2 aromatic heterocycles. The predicted octanol–water partition coefficient (Wildman–Crippen LogP) is 6.69. The third kappa shape index (κ3) is 4.60. The van der Waals surface area contributed by atoms with Gasteiger partial charge in [0.25, 0.3) is 11.6 Å². The highest BCUT2D eigenvalue weighted by molar-refractivity contribution is 7.21. The maximum atomic E-state index is 13.3. The second-order valence-corrected chi connectivity index (χ2v) is 9.38. The van der Waals surface area contributed by atoms with Crippen molar-refractivity contribution >= 4 is 44.5 Å². The van der Waals surface area contributed by atoms with Gasteiger partial charge in [-0.3, -0.25) is 14.9 Å². The zero-order valence-electron chi connectivity index (χ0n) is 20.0. The first kappa shape index (κ1) is 24.0. The van der Waals surface area contributed by atoms with Crippen LogP contribution in [0.1, 0.15) is 15.2 Å². The van der Waals surface area contributed by atoms with Gasteiger partial charge in [-0.05, 0) is 41.8 Å². The van der Waals surface area contributed by atoms with Crippen LogP contribution in [0.5, 0.6) is 5.75 Å². The van der Waals surface area contributed by atoms with Gasteiger partial charge in [0.05, 0.1) is 29.1 Å². The van der Waals surface area contributed by atoms with Crippen LogP contribution >= 0.6 is 11.3 Å². The average Bonchev–Trinajstić information content (AvgIpc) is 3.26. The highest BCUT2D eigenvalue weighted by Gasteiger charge is 2.23. The summed E-state index contributed by atoms with van der Waals surface area (Å²) in [6.07, 6.45) is 0. The lowest BCUT2D eigenvalue weighted by Gasteiger charge is -2.10. The number of rotatable bonds is 6. The molecule has 0 unspecified atom stereocenters. The fourth-order valence-electron chi connectivity index (χ4n) is 4.08. The Labute approximate surface area is 216 Å². The van der Waals surface area contributed by atoms with E-state index >= 15 is 0 Å². The van der Waals surface area contributed by atoms with Gasteiger partial charge in [-0.25, -0.2) is 4.98 Å². The van der Waals surface area contributed by atoms with Crippen molar-refractivity contribution in [3.63, 3.8) is 0 Å². The number of benzene rings is 3. The van der Waals surface area contributed by atoms with E-state index in [1.54, 1.807) is 20.1 Å². The van der Waals surface area contributed by atoms with Crippen molar-refractivity contribution in [3.8, 4) is 28.1 Å². The molecule has 5 rings (SSSR count). The average molecular weight is 511 g/mol. The van der Waals surface area contributed by atoms with Gasteiger partial charge in [-0.15, -0.1) is 11.3 Å². The summed E-state index contributed by atoms with van der Waals surface area (Å²) in [6, 6.07) is 23.7. The van der Waals surface area contributed by atoms with Crippen LogP contribution in [0.3, 0.4) is 0 Å². The minimum atomic E-state index is -0.501. The smallest absolute Gasteiger partial charge is 0.271 e. The van der Waals surface area contributed by atoms with Crippen LogP contribution in [-0.2, 0) is 0 Å². The summed E-state index contributed by atoms with van der Waals surface area (Å²) in [6.45, 7) is 1.77. The van der Waals surface area contributed by atoms with E-state index in [2.05, 4.69) is 5.32 Å². The molecule has 1 amide bonds. The van der Waals surface area contributed by atoms with Crippen molar-refractivity contribution in [1.29, 1.82) is 0 Å². The Morgan fingerprint density at radius 3 is 2.43 bits per heavy atom. The summed E-state index contributed by atoms with van der Waals surface area (Å²) in [5.74, 6) is 0.272. The molecule has 37 heavy (non-hydrogen) atoms. The summed E-state index contributed by atoms with van der Waals surface area (Å²) in [4.78, 5) is 29.8. The molecule has 0 atom stereocenters. The Balaban J connectivity index is 1.64. The second kappa shape index (κ2) is 9.71. The number of carbonyl (C=O) groups is 1. The second-order valence-electron chi connectivity index (χ2n) is 8.39. The number of carbonyl (C=O) groups excluding carboxylic acids is 1. The predicted molar refractivity (Wildman–Crippen MR) is 147 cm³/mol. The Hall–Kier alpha value is -4.76. The van der Waals surface area contributed by atoms with Gasteiger partial charge in [-0.2, -0.15) is 0 Å². The molecule has 0 spiro atoms. The number of anilines is 2. The van der Waals surface area contributed by atoms with E-state index in [4.69, 9.17) is 15.5 Å². The molecule has 8 nitrogen and oxygen atoms in total. The van der Waals surface area contributed by atoms with E-state index < -0.39 is 10.8 Å². The molecule has 3 N–H and O–H groups in total. The molecule has 9 heteroatoms. The van der Waals surface area contributed by atoms with Crippen molar-refractivity contribution < 1.29 is 14.5 Å². The topological polar surface area (TPSA) is 120 Å². The van der Waals surface area contributed by atoms with Crippen LogP contribution in [0.4, 0.5) is 17.1 Å². The number of nitro benzene ring substituents is 1. The molecule has 3 aromatic carbocycles. The number of nitrogen functional groups attached to an aromatic ring is 1. The molecule has 5 aromatic rings. The zero-order chi connectivity index (χ0) is 26.1. The fourth-order valence-corrected chi connectivity index (χ4v) is 5.10. The highest BCUT2D eigenvalue weighted by Crippen LogP contribution is 2.42. The van der Waals surface area contributed by atoms with Crippen molar-refractivity contribution in [1.82, 2.24) is 4.98 Å². The number of non-ortho nitro benzene ring substituents is 1. The lowest BCUT2D eigenvalue weighted by molar-refractivity contribution is -0.384. The lowest BCUT2D eigenvalue weighted by Crippen LogP contribution is -2.13. The monoisotopic (exact) mass is 510 g/mol. The van der Waals surface area contributed by atoms with Gasteiger partial charge in [-0.1, -0.05) is 48.5 Å². The molecule has 0 radical (unpaired) electrons. The molecular weight excluding hydrogens is 488 g/mol. The Morgan fingerprint density at radius 1 is 1.03 bits per heavy atom. The molecule has 0 fully saturated rings. The van der Waals surface area contributed by atoms with E-state index in [-0.39, 0.29) is 10.6 Å². The fraction of sp³-hybridized carbons (Fsp3) is 0.0714. The number of methoxy groups -OCH3 is 1. The van der Waals surface area contributed by atoms with Gasteiger partial charge in [0.1, 0.15) is 15.5 Å². The SMILES string of the molecule is COc1ccc(-c2cc(-c3ccccc3)nc3sc(C(=O)Nc4cc([N+](=O)[O-])ccc4C)c(N)c23)cc1. The molecule has 0 aliphatic heterocycles. The number of nitrogens with one attached hydrogen (secondary N) is 1. The summed E-state index contributed by atoms with van der Waals surface area (Å²) in [5, 5.41) is 14.7. The van der Waals surface area contributed by atoms with Crippen LogP contribution in [0, 0.1) is 17.0 Å². The first-order valence-electron chi connectivity index (χ1n) is 11.3.